The highest BCUT2D eigenvalue weighted by molar-refractivity contribution is 6.02. The Morgan fingerprint density at radius 2 is 1.87 bits per heavy atom. The van der Waals surface area contributed by atoms with Crippen molar-refractivity contribution in [3.05, 3.63) is 65.0 Å². The van der Waals surface area contributed by atoms with Crippen LogP contribution in [0.25, 0.3) is 10.8 Å². The van der Waals surface area contributed by atoms with Crippen LogP contribution in [0, 0.1) is 13.8 Å². The van der Waals surface area contributed by atoms with Gasteiger partial charge in [0.15, 0.2) is 6.61 Å². The Hall–Kier alpha value is -3.12. The molecule has 6 heteroatoms. The lowest BCUT2D eigenvalue weighted by Crippen LogP contribution is -2.18. The molecular weight excluding hydrogens is 382 g/mol. The smallest absolute Gasteiger partial charge is 0.342 e. The number of benzene rings is 2. The molecule has 0 amide bonds. The maximum Gasteiger partial charge on any atom is 0.342 e. The number of fused-ring (bicyclic) bond motifs is 1. The standard InChI is InChI=1S/C24H25NO5/c1-15-10-20(16(2)25(15)13-19-8-5-9-29-19)23(27)14-30-24(28)21-11-17-6-3-4-7-18(17)12-22(21)26/h3-4,6-7,10-12,19,26H,5,8-9,13-14H2,1-2H3. The zero-order chi connectivity index (χ0) is 21.3. The molecule has 0 bridgehead atoms. The molecule has 4 rings (SSSR count). The average molecular weight is 407 g/mol. The van der Waals surface area contributed by atoms with Crippen molar-refractivity contribution in [2.75, 3.05) is 13.2 Å². The monoisotopic (exact) mass is 407 g/mol. The number of phenols is 1. The number of hydrogen-bond acceptors (Lipinski definition) is 5. The van der Waals surface area contributed by atoms with E-state index in [0.29, 0.717) is 5.56 Å². The van der Waals surface area contributed by atoms with E-state index >= 15 is 0 Å². The molecule has 1 N–H and O–H groups in total. The number of nitrogens with zero attached hydrogens (tertiary/aromatic N) is 1. The van der Waals surface area contributed by atoms with Crippen molar-refractivity contribution in [3.8, 4) is 5.75 Å². The summed E-state index contributed by atoms with van der Waals surface area (Å²) in [4.78, 5) is 25.2. The van der Waals surface area contributed by atoms with Crippen molar-refractivity contribution >= 4 is 22.5 Å². The Balaban J connectivity index is 1.46. The number of aromatic hydroxyl groups is 1. The van der Waals surface area contributed by atoms with Crippen LogP contribution in [0.1, 0.15) is 44.9 Å². The van der Waals surface area contributed by atoms with E-state index in [-0.39, 0.29) is 29.8 Å². The number of esters is 1. The molecule has 1 fully saturated rings. The van der Waals surface area contributed by atoms with E-state index < -0.39 is 5.97 Å². The Labute approximate surface area is 175 Å². The number of ether oxygens (including phenoxy) is 2. The maximum absolute atomic E-state index is 12.7. The Morgan fingerprint density at radius 3 is 2.57 bits per heavy atom. The van der Waals surface area contributed by atoms with E-state index in [2.05, 4.69) is 4.57 Å². The topological polar surface area (TPSA) is 77.8 Å². The van der Waals surface area contributed by atoms with Crippen LogP contribution >= 0.6 is 0 Å². The minimum atomic E-state index is -0.722. The molecule has 156 valence electrons. The van der Waals surface area contributed by atoms with E-state index in [1.54, 1.807) is 6.07 Å². The maximum atomic E-state index is 12.7. The fourth-order valence-corrected chi connectivity index (χ4v) is 4.03. The van der Waals surface area contributed by atoms with Crippen molar-refractivity contribution in [2.24, 2.45) is 0 Å². The van der Waals surface area contributed by atoms with E-state index in [1.165, 1.54) is 6.07 Å². The summed E-state index contributed by atoms with van der Waals surface area (Å²) in [5, 5.41) is 11.8. The highest BCUT2D eigenvalue weighted by atomic mass is 16.5. The third-order valence-electron chi connectivity index (χ3n) is 5.70. The van der Waals surface area contributed by atoms with E-state index in [1.807, 2.05) is 44.2 Å². The number of aromatic nitrogens is 1. The molecule has 0 saturated carbocycles. The lowest BCUT2D eigenvalue weighted by Gasteiger charge is -2.14. The number of carbonyl (C=O) groups excluding carboxylic acids is 2. The molecule has 3 aromatic rings. The quantitative estimate of drug-likeness (QED) is 0.490. The lowest BCUT2D eigenvalue weighted by atomic mass is 10.1. The number of ketones is 1. The first kappa shape index (κ1) is 20.2. The molecule has 2 aromatic carbocycles. The first-order valence-electron chi connectivity index (χ1n) is 10.1. The van der Waals surface area contributed by atoms with Gasteiger partial charge in [-0.2, -0.15) is 0 Å². The molecule has 0 radical (unpaired) electrons. The van der Waals surface area contributed by atoms with Gasteiger partial charge in [-0.1, -0.05) is 24.3 Å². The summed E-state index contributed by atoms with van der Waals surface area (Å²) in [5.74, 6) is -1.16. The van der Waals surface area contributed by atoms with Gasteiger partial charge in [-0.3, -0.25) is 4.79 Å². The molecule has 0 aliphatic carbocycles. The zero-order valence-corrected chi connectivity index (χ0v) is 17.2. The predicted octanol–water partition coefficient (Wildman–Crippen LogP) is 4.18. The fraction of sp³-hybridized carbons (Fsp3) is 0.333. The number of carbonyl (C=O) groups is 2. The van der Waals surface area contributed by atoms with Crippen LogP contribution in [-0.4, -0.2) is 40.7 Å². The van der Waals surface area contributed by atoms with Gasteiger partial charge < -0.3 is 19.1 Å². The van der Waals surface area contributed by atoms with Crippen LogP contribution in [0.15, 0.2) is 42.5 Å². The Bertz CT molecular complexity index is 1110. The normalized spacial score (nSPS) is 16.1. The van der Waals surface area contributed by atoms with E-state index in [0.717, 1.165) is 48.2 Å². The van der Waals surface area contributed by atoms with Crippen molar-refractivity contribution in [1.82, 2.24) is 4.57 Å². The van der Waals surface area contributed by atoms with Crippen LogP contribution in [0.5, 0.6) is 5.75 Å². The summed E-state index contributed by atoms with van der Waals surface area (Å²) >= 11 is 0. The minimum Gasteiger partial charge on any atom is -0.507 e. The highest BCUT2D eigenvalue weighted by Crippen LogP contribution is 2.26. The van der Waals surface area contributed by atoms with E-state index in [4.69, 9.17) is 9.47 Å². The average Bonchev–Trinajstić information content (AvgIpc) is 3.35. The van der Waals surface area contributed by atoms with Gasteiger partial charge in [-0.05, 0) is 55.7 Å². The second-order valence-electron chi connectivity index (χ2n) is 7.75. The fourth-order valence-electron chi connectivity index (χ4n) is 4.03. The molecule has 1 saturated heterocycles. The summed E-state index contributed by atoms with van der Waals surface area (Å²) in [7, 11) is 0. The molecule has 1 aromatic heterocycles. The summed E-state index contributed by atoms with van der Waals surface area (Å²) in [5.41, 5.74) is 2.41. The lowest BCUT2D eigenvalue weighted by molar-refractivity contribution is 0.0471. The molecule has 30 heavy (non-hydrogen) atoms. The van der Waals surface area contributed by atoms with Gasteiger partial charge in [-0.25, -0.2) is 4.79 Å². The number of aryl methyl sites for hydroxylation is 1. The summed E-state index contributed by atoms with van der Waals surface area (Å²) in [6.07, 6.45) is 2.26. The van der Waals surface area contributed by atoms with Gasteiger partial charge in [0.05, 0.1) is 6.10 Å². The van der Waals surface area contributed by atoms with Gasteiger partial charge in [0.2, 0.25) is 5.78 Å². The molecule has 2 heterocycles. The summed E-state index contributed by atoms with van der Waals surface area (Å²) in [6, 6.07) is 12.3. The first-order chi connectivity index (χ1) is 14.4. The number of Topliss-reactive ketones (excluding diaryl/α,β-unsaturated/α-hetero) is 1. The third-order valence-corrected chi connectivity index (χ3v) is 5.70. The van der Waals surface area contributed by atoms with Crippen molar-refractivity contribution in [1.29, 1.82) is 0 Å². The van der Waals surface area contributed by atoms with Crippen molar-refractivity contribution < 1.29 is 24.2 Å². The molecule has 0 spiro atoms. The molecule has 1 unspecified atom stereocenters. The Morgan fingerprint density at radius 1 is 1.13 bits per heavy atom. The second-order valence-corrected chi connectivity index (χ2v) is 7.75. The largest absolute Gasteiger partial charge is 0.507 e. The number of phenolic OH excluding ortho intramolecular Hbond substituents is 1. The van der Waals surface area contributed by atoms with Crippen LogP contribution in [0.4, 0.5) is 0 Å². The molecule has 6 nitrogen and oxygen atoms in total. The highest BCUT2D eigenvalue weighted by Gasteiger charge is 2.22. The first-order valence-corrected chi connectivity index (χ1v) is 10.1. The van der Waals surface area contributed by atoms with Crippen LogP contribution < -0.4 is 0 Å². The zero-order valence-electron chi connectivity index (χ0n) is 17.2. The third kappa shape index (κ3) is 3.96. The van der Waals surface area contributed by atoms with Gasteiger partial charge in [-0.15, -0.1) is 0 Å². The van der Waals surface area contributed by atoms with Gasteiger partial charge in [0.1, 0.15) is 11.3 Å². The van der Waals surface area contributed by atoms with Crippen molar-refractivity contribution in [2.45, 2.75) is 39.3 Å². The van der Waals surface area contributed by atoms with Crippen molar-refractivity contribution in [3.63, 3.8) is 0 Å². The SMILES string of the molecule is Cc1cc(C(=O)COC(=O)c2cc3ccccc3cc2O)c(C)n1CC1CCCO1. The number of rotatable bonds is 6. The molecule has 1 aliphatic rings. The summed E-state index contributed by atoms with van der Waals surface area (Å²) < 4.78 is 13.0. The summed E-state index contributed by atoms with van der Waals surface area (Å²) in [6.45, 7) is 4.97. The van der Waals surface area contributed by atoms with E-state index in [9.17, 15) is 14.7 Å². The second kappa shape index (κ2) is 8.32. The van der Waals surface area contributed by atoms with Crippen LogP contribution in [0.3, 0.4) is 0 Å². The molecular formula is C24H25NO5. The molecule has 1 atom stereocenters. The van der Waals surface area contributed by atoms with Gasteiger partial charge in [0, 0.05) is 30.1 Å². The molecule has 1 aliphatic heterocycles. The van der Waals surface area contributed by atoms with Crippen LogP contribution in [0.2, 0.25) is 0 Å². The van der Waals surface area contributed by atoms with Crippen LogP contribution in [-0.2, 0) is 16.0 Å². The van der Waals surface area contributed by atoms with Gasteiger partial charge in [0.25, 0.3) is 0 Å². The predicted molar refractivity (Wildman–Crippen MR) is 113 cm³/mol. The Kier molecular flexibility index (Phi) is 5.59. The van der Waals surface area contributed by atoms with Gasteiger partial charge >= 0.3 is 5.97 Å². The number of hydrogen-bond donors (Lipinski definition) is 1. The minimum absolute atomic E-state index is 0.0466.